The van der Waals surface area contributed by atoms with Gasteiger partial charge in [-0.15, -0.1) is 0 Å². The van der Waals surface area contributed by atoms with Crippen LogP contribution in [-0.2, 0) is 17.9 Å². The second-order valence-electron chi connectivity index (χ2n) is 6.88. The third-order valence-corrected chi connectivity index (χ3v) is 4.62. The minimum Gasteiger partial charge on any atom is -0.489 e. The van der Waals surface area contributed by atoms with Gasteiger partial charge in [-0.05, 0) is 44.5 Å². The molecule has 1 saturated heterocycles. The Morgan fingerprint density at radius 2 is 1.84 bits per heavy atom. The second-order valence-corrected chi connectivity index (χ2v) is 6.88. The van der Waals surface area contributed by atoms with Gasteiger partial charge in [0.1, 0.15) is 18.2 Å². The lowest BCUT2D eigenvalue weighted by Gasteiger charge is -2.32. The van der Waals surface area contributed by atoms with Gasteiger partial charge in [-0.3, -0.25) is 9.69 Å². The molecule has 0 unspecified atom stereocenters. The average molecular weight is 342 g/mol. The van der Waals surface area contributed by atoms with Crippen molar-refractivity contribution in [2.75, 3.05) is 0 Å². The number of nitrogens with zero attached hydrogens (tertiary/aromatic N) is 1. The first-order chi connectivity index (χ1) is 11.9. The van der Waals surface area contributed by atoms with E-state index in [-0.39, 0.29) is 30.0 Å². The van der Waals surface area contributed by atoms with Gasteiger partial charge < -0.3 is 10.1 Å². The van der Waals surface area contributed by atoms with Crippen LogP contribution in [0.15, 0.2) is 48.5 Å². The lowest BCUT2D eigenvalue weighted by atomic mass is 10.1. The smallest absolute Gasteiger partial charge is 0.238 e. The Labute approximate surface area is 147 Å². The van der Waals surface area contributed by atoms with Gasteiger partial charge >= 0.3 is 0 Å². The van der Waals surface area contributed by atoms with E-state index in [1.807, 2.05) is 45.0 Å². The number of halogens is 1. The molecule has 2 aromatic carbocycles. The Bertz CT molecular complexity index is 759. The van der Waals surface area contributed by atoms with Gasteiger partial charge in [0.2, 0.25) is 5.91 Å². The molecule has 1 heterocycles. The lowest BCUT2D eigenvalue weighted by molar-refractivity contribution is -0.121. The van der Waals surface area contributed by atoms with Crippen LogP contribution in [0.3, 0.4) is 0 Å². The first-order valence-electron chi connectivity index (χ1n) is 8.41. The fourth-order valence-electron chi connectivity index (χ4n) is 3.10. The normalized spacial score (nSPS) is 19.7. The molecule has 25 heavy (non-hydrogen) atoms. The summed E-state index contributed by atoms with van der Waals surface area (Å²) in [5.74, 6) is 0.478. The highest BCUT2D eigenvalue weighted by molar-refractivity contribution is 5.84. The highest BCUT2D eigenvalue weighted by atomic mass is 19.1. The van der Waals surface area contributed by atoms with Crippen molar-refractivity contribution in [3.63, 3.8) is 0 Å². The van der Waals surface area contributed by atoms with Crippen molar-refractivity contribution in [1.82, 2.24) is 10.2 Å². The molecule has 0 spiro atoms. The van der Waals surface area contributed by atoms with E-state index < -0.39 is 0 Å². The standard InChI is InChI=1S/C20H23FN2O2/c1-14-19(24)22-20(2,3)23(14)12-15-8-10-17(11-9-15)25-13-16-6-4-5-7-18(16)21/h4-11,14H,12-13H2,1-3H3,(H,22,24)/t14-/m0/s1. The van der Waals surface area contributed by atoms with Crippen LogP contribution in [0.25, 0.3) is 0 Å². The van der Waals surface area contributed by atoms with Crippen LogP contribution >= 0.6 is 0 Å². The van der Waals surface area contributed by atoms with Crippen LogP contribution in [0, 0.1) is 5.82 Å². The van der Waals surface area contributed by atoms with E-state index in [9.17, 15) is 9.18 Å². The quantitative estimate of drug-likeness (QED) is 0.905. The average Bonchev–Trinajstić information content (AvgIpc) is 2.77. The summed E-state index contributed by atoms with van der Waals surface area (Å²) in [4.78, 5) is 14.0. The van der Waals surface area contributed by atoms with Crippen molar-refractivity contribution in [2.45, 2.75) is 45.6 Å². The number of amides is 1. The highest BCUT2D eigenvalue weighted by Crippen LogP contribution is 2.25. The zero-order valence-corrected chi connectivity index (χ0v) is 14.8. The molecule has 1 fully saturated rings. The molecule has 0 radical (unpaired) electrons. The summed E-state index contributed by atoms with van der Waals surface area (Å²) in [6.45, 7) is 6.78. The van der Waals surface area contributed by atoms with E-state index in [4.69, 9.17) is 4.74 Å². The van der Waals surface area contributed by atoms with Crippen molar-refractivity contribution in [2.24, 2.45) is 0 Å². The van der Waals surface area contributed by atoms with Crippen molar-refractivity contribution in [3.05, 3.63) is 65.5 Å². The van der Waals surface area contributed by atoms with Gasteiger partial charge in [0.05, 0.1) is 11.7 Å². The predicted octanol–water partition coefficient (Wildman–Crippen LogP) is 3.46. The minimum atomic E-state index is -0.365. The van der Waals surface area contributed by atoms with Gasteiger partial charge in [0.25, 0.3) is 0 Å². The van der Waals surface area contributed by atoms with Crippen molar-refractivity contribution in [1.29, 1.82) is 0 Å². The number of hydrogen-bond acceptors (Lipinski definition) is 3. The van der Waals surface area contributed by atoms with E-state index in [0.29, 0.717) is 17.9 Å². The molecule has 0 saturated carbocycles. The summed E-state index contributed by atoms with van der Waals surface area (Å²) in [6.07, 6.45) is 0. The van der Waals surface area contributed by atoms with Crippen LogP contribution in [-0.4, -0.2) is 22.5 Å². The molecular weight excluding hydrogens is 319 g/mol. The first-order valence-corrected chi connectivity index (χ1v) is 8.41. The molecule has 1 atom stereocenters. The van der Waals surface area contributed by atoms with E-state index >= 15 is 0 Å². The van der Waals surface area contributed by atoms with Crippen molar-refractivity contribution < 1.29 is 13.9 Å². The fourth-order valence-corrected chi connectivity index (χ4v) is 3.10. The Hall–Kier alpha value is -2.40. The van der Waals surface area contributed by atoms with E-state index in [2.05, 4.69) is 10.2 Å². The van der Waals surface area contributed by atoms with Gasteiger partial charge in [-0.1, -0.05) is 30.3 Å². The molecule has 132 valence electrons. The Kier molecular flexibility index (Phi) is 4.77. The molecule has 4 nitrogen and oxygen atoms in total. The number of hydrogen-bond donors (Lipinski definition) is 1. The summed E-state index contributed by atoms with van der Waals surface area (Å²) in [5.41, 5.74) is 1.26. The Morgan fingerprint density at radius 3 is 2.44 bits per heavy atom. The molecule has 5 heteroatoms. The van der Waals surface area contributed by atoms with E-state index in [0.717, 1.165) is 5.56 Å². The van der Waals surface area contributed by atoms with Crippen LogP contribution in [0.5, 0.6) is 5.75 Å². The molecule has 1 N–H and O–H groups in total. The SMILES string of the molecule is C[C@H]1C(=O)NC(C)(C)N1Cc1ccc(OCc2ccccc2F)cc1. The second kappa shape index (κ2) is 6.84. The van der Waals surface area contributed by atoms with Crippen LogP contribution in [0.2, 0.25) is 0 Å². The number of rotatable bonds is 5. The monoisotopic (exact) mass is 342 g/mol. The third-order valence-electron chi connectivity index (χ3n) is 4.62. The van der Waals surface area contributed by atoms with Crippen molar-refractivity contribution in [3.8, 4) is 5.75 Å². The molecule has 2 aromatic rings. The topological polar surface area (TPSA) is 41.6 Å². The molecule has 0 aliphatic carbocycles. The summed E-state index contributed by atoms with van der Waals surface area (Å²) < 4.78 is 19.3. The van der Waals surface area contributed by atoms with Crippen molar-refractivity contribution >= 4 is 5.91 Å². The highest BCUT2D eigenvalue weighted by Gasteiger charge is 2.42. The number of carbonyl (C=O) groups excluding carboxylic acids is 1. The number of benzene rings is 2. The molecule has 0 aromatic heterocycles. The van der Waals surface area contributed by atoms with Gasteiger partial charge in [-0.2, -0.15) is 0 Å². The maximum absolute atomic E-state index is 13.6. The third kappa shape index (κ3) is 3.82. The van der Waals surface area contributed by atoms with Crippen LogP contribution in [0.1, 0.15) is 31.9 Å². The Morgan fingerprint density at radius 1 is 1.16 bits per heavy atom. The maximum Gasteiger partial charge on any atom is 0.238 e. The zero-order valence-electron chi connectivity index (χ0n) is 14.8. The molecule has 0 bridgehead atoms. The predicted molar refractivity (Wildman–Crippen MR) is 94.4 cm³/mol. The first kappa shape index (κ1) is 17.4. The Balaban J connectivity index is 1.63. The van der Waals surface area contributed by atoms with E-state index in [1.54, 1.807) is 18.2 Å². The summed E-state index contributed by atoms with van der Waals surface area (Å²) in [7, 11) is 0. The number of ether oxygens (including phenoxy) is 1. The molecule has 1 amide bonds. The van der Waals surface area contributed by atoms with Gasteiger partial charge in [-0.25, -0.2) is 4.39 Å². The van der Waals surface area contributed by atoms with E-state index in [1.165, 1.54) is 6.07 Å². The fraction of sp³-hybridized carbons (Fsp3) is 0.350. The zero-order chi connectivity index (χ0) is 18.0. The van der Waals surface area contributed by atoms with Crippen LogP contribution in [0.4, 0.5) is 4.39 Å². The molecule has 1 aliphatic rings. The number of nitrogens with one attached hydrogen (secondary N) is 1. The lowest BCUT2D eigenvalue weighted by Crippen LogP contribution is -2.46. The minimum absolute atomic E-state index is 0.0508. The summed E-state index contributed by atoms with van der Waals surface area (Å²) >= 11 is 0. The molecule has 3 rings (SSSR count). The summed E-state index contributed by atoms with van der Waals surface area (Å²) in [6, 6.07) is 14.1. The van der Waals surface area contributed by atoms with Gasteiger partial charge in [0.15, 0.2) is 0 Å². The number of carbonyl (C=O) groups is 1. The summed E-state index contributed by atoms with van der Waals surface area (Å²) in [5, 5.41) is 3.00. The molecular formula is C20H23FN2O2. The maximum atomic E-state index is 13.6. The van der Waals surface area contributed by atoms with Gasteiger partial charge in [0, 0.05) is 12.1 Å². The largest absolute Gasteiger partial charge is 0.489 e. The molecule has 1 aliphatic heterocycles. The van der Waals surface area contributed by atoms with Crippen LogP contribution < -0.4 is 10.1 Å².